The molecule has 1 aromatic rings. The number of benzene rings is 1. The summed E-state index contributed by atoms with van der Waals surface area (Å²) in [6.07, 6.45) is 0. The molecule has 3 atom stereocenters. The van der Waals surface area contributed by atoms with Crippen molar-refractivity contribution in [1.82, 2.24) is 0 Å². The van der Waals surface area contributed by atoms with Crippen molar-refractivity contribution in [1.29, 1.82) is 21.0 Å². The van der Waals surface area contributed by atoms with Crippen LogP contribution in [0.25, 0.3) is 0 Å². The lowest BCUT2D eigenvalue weighted by Gasteiger charge is -2.09. The standard InChI is InChI=1S/C15H9N5/c16-6-11(7-17)14(20)15(9-19)12(8-18)13(15)10-4-2-1-3-5-10/h1-5,12-13H,20H2/t12-,13+,15-/m1/s1. The number of nitrogens with zero attached hydrogens (tertiary/aromatic N) is 4. The Morgan fingerprint density at radius 2 is 1.65 bits per heavy atom. The summed E-state index contributed by atoms with van der Waals surface area (Å²) < 4.78 is 0. The van der Waals surface area contributed by atoms with Crippen molar-refractivity contribution in [2.75, 3.05) is 0 Å². The molecule has 94 valence electrons. The second kappa shape index (κ2) is 4.77. The first-order valence-corrected chi connectivity index (χ1v) is 5.83. The van der Waals surface area contributed by atoms with Gasteiger partial charge in [-0.1, -0.05) is 30.3 Å². The smallest absolute Gasteiger partial charge is 0.150 e. The summed E-state index contributed by atoms with van der Waals surface area (Å²) in [5.74, 6) is -1.05. The molecule has 0 bridgehead atoms. The largest absolute Gasteiger partial charge is 0.399 e. The van der Waals surface area contributed by atoms with E-state index >= 15 is 0 Å². The predicted molar refractivity (Wildman–Crippen MR) is 68.8 cm³/mol. The van der Waals surface area contributed by atoms with Crippen molar-refractivity contribution in [3.63, 3.8) is 0 Å². The molecule has 5 nitrogen and oxygen atoms in total. The van der Waals surface area contributed by atoms with E-state index in [0.717, 1.165) is 5.56 Å². The molecule has 2 N–H and O–H groups in total. The Hall–Kier alpha value is -3.28. The van der Waals surface area contributed by atoms with E-state index in [0.29, 0.717) is 0 Å². The number of hydrogen-bond donors (Lipinski definition) is 1. The quantitative estimate of drug-likeness (QED) is 0.810. The molecule has 1 aliphatic rings. The molecule has 1 aliphatic carbocycles. The summed E-state index contributed by atoms with van der Waals surface area (Å²) in [6.45, 7) is 0. The van der Waals surface area contributed by atoms with E-state index in [1.807, 2.05) is 12.1 Å². The first-order valence-electron chi connectivity index (χ1n) is 5.83. The van der Waals surface area contributed by atoms with Crippen LogP contribution < -0.4 is 5.73 Å². The molecule has 5 heteroatoms. The van der Waals surface area contributed by atoms with Crippen LogP contribution in [0.4, 0.5) is 0 Å². The fourth-order valence-corrected chi connectivity index (χ4v) is 2.57. The van der Waals surface area contributed by atoms with Gasteiger partial charge in [0.2, 0.25) is 0 Å². The highest BCUT2D eigenvalue weighted by molar-refractivity contribution is 5.55. The van der Waals surface area contributed by atoms with E-state index in [-0.39, 0.29) is 11.3 Å². The molecule has 0 spiro atoms. The van der Waals surface area contributed by atoms with Crippen LogP contribution in [0.2, 0.25) is 0 Å². The maximum Gasteiger partial charge on any atom is 0.150 e. The van der Waals surface area contributed by atoms with Gasteiger partial charge in [0.15, 0.2) is 0 Å². The first-order chi connectivity index (χ1) is 9.67. The maximum absolute atomic E-state index is 9.47. The van der Waals surface area contributed by atoms with Crippen molar-refractivity contribution in [3.8, 4) is 24.3 Å². The molecule has 0 heterocycles. The average Bonchev–Trinajstić information content (AvgIpc) is 3.18. The first kappa shape index (κ1) is 13.2. The van der Waals surface area contributed by atoms with E-state index < -0.39 is 17.3 Å². The third-order valence-corrected chi connectivity index (χ3v) is 3.63. The second-order valence-corrected chi connectivity index (χ2v) is 4.49. The SMILES string of the molecule is N#CC(C#N)=C(N)[C@]1(C#N)[C@H](C#N)[C@@H]1c1ccccc1. The average molecular weight is 259 g/mol. The second-order valence-electron chi connectivity index (χ2n) is 4.49. The number of allylic oxidation sites excluding steroid dienone is 2. The fraction of sp³-hybridized carbons (Fsp3) is 0.200. The van der Waals surface area contributed by atoms with E-state index in [9.17, 15) is 10.5 Å². The molecular formula is C15H9N5. The maximum atomic E-state index is 9.47. The molecule has 2 rings (SSSR count). The lowest BCUT2D eigenvalue weighted by atomic mass is 9.94. The molecule has 1 fully saturated rings. The lowest BCUT2D eigenvalue weighted by molar-refractivity contribution is 0.719. The van der Waals surface area contributed by atoms with Gasteiger partial charge in [-0.3, -0.25) is 0 Å². The number of hydrogen-bond acceptors (Lipinski definition) is 5. The topological polar surface area (TPSA) is 121 Å². The van der Waals surface area contributed by atoms with E-state index in [4.69, 9.17) is 16.3 Å². The summed E-state index contributed by atoms with van der Waals surface area (Å²) in [4.78, 5) is 0. The van der Waals surface area contributed by atoms with Gasteiger partial charge >= 0.3 is 0 Å². The van der Waals surface area contributed by atoms with Gasteiger partial charge < -0.3 is 5.73 Å². The van der Waals surface area contributed by atoms with Gasteiger partial charge in [-0.2, -0.15) is 21.0 Å². The summed E-state index contributed by atoms with van der Waals surface area (Å²) in [5, 5.41) is 36.5. The van der Waals surface area contributed by atoms with Gasteiger partial charge in [-0.05, 0) is 5.56 Å². The summed E-state index contributed by atoms with van der Waals surface area (Å²) in [6, 6.07) is 16.5. The molecule has 0 amide bonds. The van der Waals surface area contributed by atoms with Crippen LogP contribution in [-0.4, -0.2) is 0 Å². The zero-order chi connectivity index (χ0) is 14.8. The van der Waals surface area contributed by atoms with Crippen LogP contribution in [0.5, 0.6) is 0 Å². The molecule has 0 aromatic heterocycles. The molecule has 0 saturated heterocycles. The van der Waals surface area contributed by atoms with Crippen LogP contribution in [0.15, 0.2) is 41.6 Å². The zero-order valence-corrected chi connectivity index (χ0v) is 10.4. The summed E-state index contributed by atoms with van der Waals surface area (Å²) in [7, 11) is 0. The number of nitrogens with two attached hydrogens (primary N) is 1. The van der Waals surface area contributed by atoms with Gasteiger partial charge in [0.25, 0.3) is 0 Å². The summed E-state index contributed by atoms with van der Waals surface area (Å²) >= 11 is 0. The lowest BCUT2D eigenvalue weighted by Crippen LogP contribution is -2.17. The Morgan fingerprint density at radius 3 is 2.10 bits per heavy atom. The normalized spacial score (nSPS) is 26.2. The van der Waals surface area contributed by atoms with Gasteiger partial charge in [0.05, 0.1) is 23.8 Å². The predicted octanol–water partition coefficient (Wildman–Crippen LogP) is 1.69. The highest BCUT2D eigenvalue weighted by atomic mass is 14.8. The highest BCUT2D eigenvalue weighted by Gasteiger charge is 2.69. The van der Waals surface area contributed by atoms with Crippen LogP contribution in [0.1, 0.15) is 11.5 Å². The van der Waals surface area contributed by atoms with Crippen LogP contribution >= 0.6 is 0 Å². The molecule has 0 radical (unpaired) electrons. The summed E-state index contributed by atoms with van der Waals surface area (Å²) in [5.41, 5.74) is 4.96. The van der Waals surface area contributed by atoms with E-state index in [1.165, 1.54) is 0 Å². The molecule has 1 saturated carbocycles. The van der Waals surface area contributed by atoms with Crippen LogP contribution in [-0.2, 0) is 0 Å². The van der Waals surface area contributed by atoms with Crippen LogP contribution in [0, 0.1) is 56.7 Å². The van der Waals surface area contributed by atoms with Crippen molar-refractivity contribution in [2.45, 2.75) is 5.92 Å². The van der Waals surface area contributed by atoms with Crippen molar-refractivity contribution < 1.29 is 0 Å². The van der Waals surface area contributed by atoms with Crippen molar-refractivity contribution >= 4 is 0 Å². The third-order valence-electron chi connectivity index (χ3n) is 3.63. The minimum atomic E-state index is -1.28. The monoisotopic (exact) mass is 259 g/mol. The van der Waals surface area contributed by atoms with E-state index in [1.54, 1.807) is 36.4 Å². The van der Waals surface area contributed by atoms with Gasteiger partial charge in [0, 0.05) is 5.92 Å². The third kappa shape index (κ3) is 1.59. The minimum Gasteiger partial charge on any atom is -0.399 e. The van der Waals surface area contributed by atoms with Gasteiger partial charge in [0.1, 0.15) is 23.1 Å². The Balaban J connectivity index is 2.58. The Kier molecular flexibility index (Phi) is 3.14. The number of rotatable bonds is 2. The van der Waals surface area contributed by atoms with Gasteiger partial charge in [-0.15, -0.1) is 0 Å². The van der Waals surface area contributed by atoms with Crippen molar-refractivity contribution in [2.24, 2.45) is 17.1 Å². The fourth-order valence-electron chi connectivity index (χ4n) is 2.57. The minimum absolute atomic E-state index is 0.106. The van der Waals surface area contributed by atoms with Gasteiger partial charge in [-0.25, -0.2) is 0 Å². The molecular weight excluding hydrogens is 250 g/mol. The van der Waals surface area contributed by atoms with Crippen molar-refractivity contribution in [3.05, 3.63) is 47.2 Å². The van der Waals surface area contributed by atoms with Crippen LogP contribution in [0.3, 0.4) is 0 Å². The Bertz CT molecular complexity index is 720. The molecule has 0 aliphatic heterocycles. The Morgan fingerprint density at radius 1 is 1.05 bits per heavy atom. The molecule has 0 unspecified atom stereocenters. The molecule has 1 aromatic carbocycles. The van der Waals surface area contributed by atoms with E-state index in [2.05, 4.69) is 6.07 Å². The zero-order valence-electron chi connectivity index (χ0n) is 10.4. The highest BCUT2D eigenvalue weighted by Crippen LogP contribution is 2.67. The Labute approximate surface area is 116 Å². The number of nitriles is 4. The molecule has 20 heavy (non-hydrogen) atoms.